The molecule has 0 spiro atoms. The summed E-state index contributed by atoms with van der Waals surface area (Å²) in [4.78, 5) is 12.8. The predicted octanol–water partition coefficient (Wildman–Crippen LogP) is 0.624. The maximum absolute atomic E-state index is 11.0. The molecular formula is C8H17ClN2O. The van der Waals surface area contributed by atoms with Crippen LogP contribution in [-0.4, -0.2) is 29.9 Å². The summed E-state index contributed by atoms with van der Waals surface area (Å²) in [5, 5.41) is 0. The Morgan fingerprint density at radius 3 is 2.50 bits per heavy atom. The first kappa shape index (κ1) is 11.7. The maximum Gasteiger partial charge on any atom is 0.219 e. The highest BCUT2D eigenvalue weighted by molar-refractivity contribution is 5.85. The van der Waals surface area contributed by atoms with Crippen LogP contribution >= 0.6 is 12.4 Å². The number of halogens is 1. The largest absolute Gasteiger partial charge is 0.341 e. The predicted molar refractivity (Wildman–Crippen MR) is 51.3 cm³/mol. The number of nitrogens with two attached hydrogens (primary N) is 1. The fourth-order valence-electron chi connectivity index (χ4n) is 1.66. The lowest BCUT2D eigenvalue weighted by molar-refractivity contribution is -0.130. The van der Waals surface area contributed by atoms with E-state index in [4.69, 9.17) is 5.73 Å². The maximum atomic E-state index is 11.0. The van der Waals surface area contributed by atoms with Gasteiger partial charge in [-0.25, -0.2) is 0 Å². The summed E-state index contributed by atoms with van der Waals surface area (Å²) < 4.78 is 0. The SMILES string of the molecule is CC(=O)N1C[C@H](C)C[C@@H](N)C1.Cl. The van der Waals surface area contributed by atoms with Gasteiger partial charge in [0.2, 0.25) is 5.91 Å². The van der Waals surface area contributed by atoms with E-state index in [2.05, 4.69) is 6.92 Å². The van der Waals surface area contributed by atoms with Crippen molar-refractivity contribution in [3.05, 3.63) is 0 Å². The quantitative estimate of drug-likeness (QED) is 0.612. The van der Waals surface area contributed by atoms with Crippen molar-refractivity contribution in [1.29, 1.82) is 0 Å². The first-order chi connectivity index (χ1) is 5.09. The molecule has 0 bridgehead atoms. The fourth-order valence-corrected chi connectivity index (χ4v) is 1.66. The molecule has 1 heterocycles. The summed E-state index contributed by atoms with van der Waals surface area (Å²) in [7, 11) is 0. The smallest absolute Gasteiger partial charge is 0.219 e. The first-order valence-electron chi connectivity index (χ1n) is 4.10. The number of hydrogen-bond donors (Lipinski definition) is 1. The van der Waals surface area contributed by atoms with E-state index in [0.717, 1.165) is 19.5 Å². The summed E-state index contributed by atoms with van der Waals surface area (Å²) >= 11 is 0. The summed E-state index contributed by atoms with van der Waals surface area (Å²) in [6, 6.07) is 0.183. The molecule has 4 heteroatoms. The van der Waals surface area contributed by atoms with E-state index in [1.54, 1.807) is 6.92 Å². The van der Waals surface area contributed by atoms with Crippen molar-refractivity contribution in [1.82, 2.24) is 4.90 Å². The summed E-state index contributed by atoms with van der Waals surface area (Å²) in [6.45, 7) is 5.35. The fraction of sp³-hybridized carbons (Fsp3) is 0.875. The molecule has 1 saturated heterocycles. The molecule has 1 aliphatic heterocycles. The Hall–Kier alpha value is -0.280. The van der Waals surface area contributed by atoms with Crippen LogP contribution in [0.25, 0.3) is 0 Å². The molecule has 12 heavy (non-hydrogen) atoms. The number of rotatable bonds is 0. The van der Waals surface area contributed by atoms with Crippen molar-refractivity contribution >= 4 is 18.3 Å². The van der Waals surface area contributed by atoms with Crippen molar-refractivity contribution in [2.45, 2.75) is 26.3 Å². The normalized spacial score (nSPS) is 29.4. The minimum absolute atomic E-state index is 0. The van der Waals surface area contributed by atoms with Gasteiger partial charge in [-0.15, -0.1) is 12.4 Å². The molecule has 1 fully saturated rings. The molecule has 3 nitrogen and oxygen atoms in total. The van der Waals surface area contributed by atoms with Gasteiger partial charge in [0.25, 0.3) is 0 Å². The Morgan fingerprint density at radius 1 is 1.50 bits per heavy atom. The van der Waals surface area contributed by atoms with E-state index in [-0.39, 0.29) is 24.4 Å². The van der Waals surface area contributed by atoms with E-state index >= 15 is 0 Å². The number of carbonyl (C=O) groups is 1. The molecule has 0 aromatic rings. The lowest BCUT2D eigenvalue weighted by Gasteiger charge is -2.34. The van der Waals surface area contributed by atoms with Crippen molar-refractivity contribution in [3.8, 4) is 0 Å². The molecule has 2 atom stereocenters. The van der Waals surface area contributed by atoms with Gasteiger partial charge in [-0.1, -0.05) is 6.92 Å². The highest BCUT2D eigenvalue weighted by Gasteiger charge is 2.23. The van der Waals surface area contributed by atoms with Gasteiger partial charge in [-0.2, -0.15) is 0 Å². The van der Waals surface area contributed by atoms with Crippen molar-refractivity contribution in [2.24, 2.45) is 11.7 Å². The van der Waals surface area contributed by atoms with Crippen molar-refractivity contribution in [2.75, 3.05) is 13.1 Å². The van der Waals surface area contributed by atoms with Gasteiger partial charge in [0.15, 0.2) is 0 Å². The molecule has 1 aliphatic rings. The van der Waals surface area contributed by atoms with E-state index in [1.807, 2.05) is 4.90 Å². The van der Waals surface area contributed by atoms with E-state index in [9.17, 15) is 4.79 Å². The number of carbonyl (C=O) groups excluding carboxylic acids is 1. The van der Waals surface area contributed by atoms with Crippen LogP contribution in [0.15, 0.2) is 0 Å². The van der Waals surface area contributed by atoms with E-state index in [1.165, 1.54) is 0 Å². The van der Waals surface area contributed by atoms with Crippen LogP contribution in [-0.2, 0) is 4.79 Å². The van der Waals surface area contributed by atoms with Crippen molar-refractivity contribution in [3.63, 3.8) is 0 Å². The Balaban J connectivity index is 0.00000121. The van der Waals surface area contributed by atoms with Gasteiger partial charge in [0, 0.05) is 26.1 Å². The molecule has 0 aromatic carbocycles. The van der Waals surface area contributed by atoms with E-state index in [0.29, 0.717) is 5.92 Å². The lowest BCUT2D eigenvalue weighted by atomic mass is 9.97. The summed E-state index contributed by atoms with van der Waals surface area (Å²) in [5.74, 6) is 0.703. The van der Waals surface area contributed by atoms with Gasteiger partial charge in [0.05, 0.1) is 0 Å². The average molecular weight is 193 g/mol. The van der Waals surface area contributed by atoms with Gasteiger partial charge in [-0.05, 0) is 12.3 Å². The third kappa shape index (κ3) is 2.99. The molecule has 0 unspecified atom stereocenters. The zero-order valence-electron chi connectivity index (χ0n) is 7.62. The third-order valence-corrected chi connectivity index (χ3v) is 2.14. The highest BCUT2D eigenvalue weighted by atomic mass is 35.5. The second-order valence-electron chi connectivity index (χ2n) is 3.52. The zero-order valence-corrected chi connectivity index (χ0v) is 8.43. The van der Waals surface area contributed by atoms with Crippen LogP contribution < -0.4 is 5.73 Å². The molecule has 0 aromatic heterocycles. The average Bonchev–Trinajstić information content (AvgIpc) is 1.85. The number of nitrogens with zero attached hydrogens (tertiary/aromatic N) is 1. The van der Waals surface area contributed by atoms with Crippen LogP contribution in [0.3, 0.4) is 0 Å². The summed E-state index contributed by atoms with van der Waals surface area (Å²) in [6.07, 6.45) is 1.05. The number of piperidine rings is 1. The number of hydrogen-bond acceptors (Lipinski definition) is 2. The molecule has 1 amide bonds. The lowest BCUT2D eigenvalue weighted by Crippen LogP contribution is -2.48. The second kappa shape index (κ2) is 4.67. The minimum atomic E-state index is 0. The van der Waals surface area contributed by atoms with Crippen LogP contribution in [0.4, 0.5) is 0 Å². The molecule has 0 aliphatic carbocycles. The van der Waals surface area contributed by atoms with Gasteiger partial charge in [-0.3, -0.25) is 4.79 Å². The first-order valence-corrected chi connectivity index (χ1v) is 4.10. The van der Waals surface area contributed by atoms with Crippen LogP contribution in [0, 0.1) is 5.92 Å². The standard InChI is InChI=1S/C8H16N2O.ClH/c1-6-3-8(9)5-10(4-6)7(2)11;/h6,8H,3-5,9H2,1-2H3;1H/t6-,8-;/m1./s1. The monoisotopic (exact) mass is 192 g/mol. The zero-order chi connectivity index (χ0) is 8.43. The molecular weight excluding hydrogens is 176 g/mol. The number of amides is 1. The Morgan fingerprint density at radius 2 is 2.08 bits per heavy atom. The van der Waals surface area contributed by atoms with Gasteiger partial charge < -0.3 is 10.6 Å². The van der Waals surface area contributed by atoms with Crippen LogP contribution in [0.2, 0.25) is 0 Å². The van der Waals surface area contributed by atoms with Crippen LogP contribution in [0.5, 0.6) is 0 Å². The van der Waals surface area contributed by atoms with Crippen molar-refractivity contribution < 1.29 is 4.79 Å². The highest BCUT2D eigenvalue weighted by Crippen LogP contribution is 2.14. The van der Waals surface area contributed by atoms with E-state index < -0.39 is 0 Å². The molecule has 1 rings (SSSR count). The topological polar surface area (TPSA) is 46.3 Å². The third-order valence-electron chi connectivity index (χ3n) is 2.14. The van der Waals surface area contributed by atoms with Crippen LogP contribution in [0.1, 0.15) is 20.3 Å². The number of likely N-dealkylation sites (tertiary alicyclic amines) is 1. The Labute approximate surface area is 79.7 Å². The molecule has 2 N–H and O–H groups in total. The molecule has 0 saturated carbocycles. The van der Waals surface area contributed by atoms with Gasteiger partial charge in [0.1, 0.15) is 0 Å². The molecule has 0 radical (unpaired) electrons. The minimum Gasteiger partial charge on any atom is -0.341 e. The molecule has 72 valence electrons. The Kier molecular flexibility index (Phi) is 4.57. The van der Waals surface area contributed by atoms with Gasteiger partial charge >= 0.3 is 0 Å². The second-order valence-corrected chi connectivity index (χ2v) is 3.52. The Bertz CT molecular complexity index is 153. The summed E-state index contributed by atoms with van der Waals surface area (Å²) in [5.41, 5.74) is 5.76.